The van der Waals surface area contributed by atoms with Crippen molar-refractivity contribution in [3.05, 3.63) is 24.3 Å². The summed E-state index contributed by atoms with van der Waals surface area (Å²) in [6, 6.07) is 7.05. The Morgan fingerprint density at radius 2 is 2.05 bits per heavy atom. The van der Waals surface area contributed by atoms with E-state index in [9.17, 15) is 9.59 Å². The molecule has 1 atom stereocenters. The van der Waals surface area contributed by atoms with Gasteiger partial charge >= 0.3 is 5.97 Å². The lowest BCUT2D eigenvalue weighted by atomic mass is 10.0. The lowest BCUT2D eigenvalue weighted by Crippen LogP contribution is -2.30. The fraction of sp³-hybridized carbons (Fsp3) is 0.529. The van der Waals surface area contributed by atoms with Gasteiger partial charge in [0.2, 0.25) is 0 Å². The van der Waals surface area contributed by atoms with Crippen molar-refractivity contribution < 1.29 is 19.1 Å². The van der Waals surface area contributed by atoms with E-state index in [0.717, 1.165) is 12.8 Å². The van der Waals surface area contributed by atoms with Crippen molar-refractivity contribution in [2.24, 2.45) is 5.92 Å². The molecule has 0 saturated heterocycles. The minimum absolute atomic E-state index is 0.291. The van der Waals surface area contributed by atoms with Gasteiger partial charge in [0.05, 0.1) is 7.11 Å². The lowest BCUT2D eigenvalue weighted by molar-refractivity contribution is -0.154. The largest absolute Gasteiger partial charge is 0.497 e. The molecule has 0 aliphatic heterocycles. The molecule has 1 N–H and O–H groups in total. The van der Waals surface area contributed by atoms with Gasteiger partial charge in [0.15, 0.2) is 6.10 Å². The summed E-state index contributed by atoms with van der Waals surface area (Å²) in [5.41, 5.74) is 0.614. The predicted octanol–water partition coefficient (Wildman–Crippen LogP) is 3.15. The van der Waals surface area contributed by atoms with Gasteiger partial charge in [-0.05, 0) is 37.8 Å². The van der Waals surface area contributed by atoms with Gasteiger partial charge in [-0.2, -0.15) is 0 Å². The highest BCUT2D eigenvalue weighted by atomic mass is 16.5. The number of esters is 1. The van der Waals surface area contributed by atoms with Gasteiger partial charge < -0.3 is 14.8 Å². The second-order valence-electron chi connectivity index (χ2n) is 5.71. The first-order chi connectivity index (χ1) is 10.6. The fourth-order valence-corrected chi connectivity index (χ4v) is 2.69. The average Bonchev–Trinajstić information content (AvgIpc) is 3.00. The number of rotatable bonds is 6. The number of hydrogen-bond acceptors (Lipinski definition) is 4. The zero-order valence-corrected chi connectivity index (χ0v) is 13.1. The number of carbonyl (C=O) groups excluding carboxylic acids is 2. The molecule has 0 aromatic heterocycles. The van der Waals surface area contributed by atoms with Gasteiger partial charge in [0.25, 0.3) is 5.91 Å². The molecule has 5 heteroatoms. The van der Waals surface area contributed by atoms with Crippen molar-refractivity contribution >= 4 is 17.6 Å². The molecular weight excluding hydrogens is 282 g/mol. The van der Waals surface area contributed by atoms with Crippen molar-refractivity contribution in [2.75, 3.05) is 12.4 Å². The number of ether oxygens (including phenoxy) is 2. The van der Waals surface area contributed by atoms with Crippen LogP contribution in [0.3, 0.4) is 0 Å². The van der Waals surface area contributed by atoms with Gasteiger partial charge in [-0.3, -0.25) is 9.59 Å². The van der Waals surface area contributed by atoms with E-state index in [1.807, 2.05) is 0 Å². The molecule has 0 bridgehead atoms. The number of hydrogen-bond donors (Lipinski definition) is 1. The Morgan fingerprint density at radius 3 is 2.73 bits per heavy atom. The molecule has 0 spiro atoms. The Morgan fingerprint density at radius 1 is 1.32 bits per heavy atom. The van der Waals surface area contributed by atoms with Crippen LogP contribution < -0.4 is 10.1 Å². The van der Waals surface area contributed by atoms with E-state index in [1.165, 1.54) is 12.8 Å². The Bertz CT molecular complexity index is 523. The maximum absolute atomic E-state index is 12.1. The topological polar surface area (TPSA) is 64.6 Å². The highest BCUT2D eigenvalue weighted by Gasteiger charge is 2.23. The molecule has 0 unspecified atom stereocenters. The second-order valence-corrected chi connectivity index (χ2v) is 5.71. The van der Waals surface area contributed by atoms with E-state index >= 15 is 0 Å². The Balaban J connectivity index is 1.81. The van der Waals surface area contributed by atoms with Crippen molar-refractivity contribution in [1.82, 2.24) is 0 Å². The summed E-state index contributed by atoms with van der Waals surface area (Å²) in [5, 5.41) is 2.72. The normalized spacial score (nSPS) is 16.1. The van der Waals surface area contributed by atoms with Crippen molar-refractivity contribution in [3.63, 3.8) is 0 Å². The molecule has 1 aliphatic carbocycles. The number of amides is 1. The molecule has 1 amide bonds. The molecule has 1 saturated carbocycles. The fourth-order valence-electron chi connectivity index (χ4n) is 2.69. The maximum atomic E-state index is 12.1. The van der Waals surface area contributed by atoms with Gasteiger partial charge in [-0.15, -0.1) is 0 Å². The van der Waals surface area contributed by atoms with E-state index in [2.05, 4.69) is 5.32 Å². The summed E-state index contributed by atoms with van der Waals surface area (Å²) < 4.78 is 10.3. The van der Waals surface area contributed by atoms with E-state index < -0.39 is 6.10 Å². The van der Waals surface area contributed by atoms with Crippen molar-refractivity contribution in [2.45, 2.75) is 45.1 Å². The third kappa shape index (κ3) is 4.76. The molecule has 5 nitrogen and oxygen atoms in total. The third-order valence-corrected chi connectivity index (χ3v) is 3.94. The highest BCUT2D eigenvalue weighted by Crippen LogP contribution is 2.27. The van der Waals surface area contributed by atoms with Gasteiger partial charge in [-0.1, -0.05) is 18.9 Å². The minimum Gasteiger partial charge on any atom is -0.497 e. The zero-order valence-electron chi connectivity index (χ0n) is 13.1. The quantitative estimate of drug-likeness (QED) is 0.820. The predicted molar refractivity (Wildman–Crippen MR) is 83.8 cm³/mol. The Hall–Kier alpha value is -2.04. The summed E-state index contributed by atoms with van der Waals surface area (Å²) in [4.78, 5) is 23.9. The van der Waals surface area contributed by atoms with Gasteiger partial charge in [0, 0.05) is 18.2 Å². The van der Waals surface area contributed by atoms with Gasteiger partial charge in [0.1, 0.15) is 5.75 Å². The Labute approximate surface area is 131 Å². The first kappa shape index (κ1) is 16.3. The molecule has 1 aliphatic rings. The van der Waals surface area contributed by atoms with Crippen LogP contribution in [0.4, 0.5) is 5.69 Å². The molecular formula is C17H23NO4. The van der Waals surface area contributed by atoms with E-state index in [-0.39, 0.29) is 11.9 Å². The maximum Gasteiger partial charge on any atom is 0.306 e. The second kappa shape index (κ2) is 7.82. The van der Waals surface area contributed by atoms with E-state index in [0.29, 0.717) is 23.8 Å². The van der Waals surface area contributed by atoms with Crippen LogP contribution in [0.2, 0.25) is 0 Å². The number of anilines is 1. The van der Waals surface area contributed by atoms with Crippen LogP contribution in [0.5, 0.6) is 5.75 Å². The van der Waals surface area contributed by atoms with Crippen LogP contribution in [0.1, 0.15) is 39.0 Å². The van der Waals surface area contributed by atoms with Crippen LogP contribution in [0.25, 0.3) is 0 Å². The summed E-state index contributed by atoms with van der Waals surface area (Å²) in [6.45, 7) is 1.59. The molecule has 22 heavy (non-hydrogen) atoms. The summed E-state index contributed by atoms with van der Waals surface area (Å²) >= 11 is 0. The number of benzene rings is 1. The smallest absolute Gasteiger partial charge is 0.306 e. The first-order valence-corrected chi connectivity index (χ1v) is 7.73. The number of nitrogens with one attached hydrogen (secondary N) is 1. The van der Waals surface area contributed by atoms with E-state index in [4.69, 9.17) is 9.47 Å². The third-order valence-electron chi connectivity index (χ3n) is 3.94. The van der Waals surface area contributed by atoms with Crippen molar-refractivity contribution in [3.8, 4) is 5.75 Å². The molecule has 0 heterocycles. The monoisotopic (exact) mass is 305 g/mol. The van der Waals surface area contributed by atoms with Crippen molar-refractivity contribution in [1.29, 1.82) is 0 Å². The zero-order chi connectivity index (χ0) is 15.9. The standard InChI is InChI=1S/C17H23NO4/c1-12(22-16(19)10-13-6-3-4-7-13)17(20)18-14-8-5-9-15(11-14)21-2/h5,8-9,11-13H,3-4,6-7,10H2,1-2H3,(H,18,20)/t12-/m0/s1. The summed E-state index contributed by atoms with van der Waals surface area (Å²) in [6.07, 6.45) is 4.14. The molecule has 1 fully saturated rings. The van der Waals surface area contributed by atoms with Crippen LogP contribution in [0.15, 0.2) is 24.3 Å². The SMILES string of the molecule is COc1cccc(NC(=O)[C@H](C)OC(=O)CC2CCCC2)c1. The van der Waals surface area contributed by atoms with Crippen LogP contribution in [-0.4, -0.2) is 25.1 Å². The summed E-state index contributed by atoms with van der Waals surface area (Å²) in [7, 11) is 1.56. The van der Waals surface area contributed by atoms with E-state index in [1.54, 1.807) is 38.3 Å². The lowest BCUT2D eigenvalue weighted by Gasteiger charge is -2.15. The first-order valence-electron chi connectivity index (χ1n) is 7.73. The number of carbonyl (C=O) groups is 2. The molecule has 0 radical (unpaired) electrons. The molecule has 1 aromatic rings. The number of methoxy groups -OCH3 is 1. The molecule has 2 rings (SSSR count). The van der Waals surface area contributed by atoms with Gasteiger partial charge in [-0.25, -0.2) is 0 Å². The molecule has 120 valence electrons. The average molecular weight is 305 g/mol. The minimum atomic E-state index is -0.805. The summed E-state index contributed by atoms with van der Waals surface area (Å²) in [5.74, 6) is 0.443. The van der Waals surface area contributed by atoms with Crippen LogP contribution >= 0.6 is 0 Å². The Kier molecular flexibility index (Phi) is 5.81. The molecule has 1 aromatic carbocycles. The van der Waals surface area contributed by atoms with Crippen LogP contribution in [-0.2, 0) is 14.3 Å². The highest BCUT2D eigenvalue weighted by molar-refractivity contribution is 5.95. The van der Waals surface area contributed by atoms with Crippen LogP contribution in [0, 0.1) is 5.92 Å².